The van der Waals surface area contributed by atoms with E-state index in [1.54, 1.807) is 13.0 Å². The molecule has 3 aliphatic carbocycles. The van der Waals surface area contributed by atoms with Gasteiger partial charge in [-0.15, -0.1) is 0 Å². The summed E-state index contributed by atoms with van der Waals surface area (Å²) in [6.45, 7) is 3.21. The first-order valence-electron chi connectivity index (χ1n) is 11.9. The Labute approximate surface area is 212 Å². The van der Waals surface area contributed by atoms with Crippen LogP contribution in [0.2, 0.25) is 0 Å². The van der Waals surface area contributed by atoms with E-state index in [2.05, 4.69) is 0 Å². The molecule has 0 radical (unpaired) electrons. The average molecular weight is 518 g/mol. The predicted octanol–water partition coefficient (Wildman–Crippen LogP) is -0.796. The predicted molar refractivity (Wildman–Crippen MR) is 129 cm³/mol. The van der Waals surface area contributed by atoms with Crippen molar-refractivity contribution in [2.75, 3.05) is 19.8 Å². The molecule has 0 saturated heterocycles. The van der Waals surface area contributed by atoms with Gasteiger partial charge in [-0.25, -0.2) is 0 Å². The number of Topliss-reactive ketones (excluding diaryl/α,β-unsaturated/α-hetero) is 2. The molecule has 1 aromatic rings. The highest BCUT2D eigenvalue weighted by Gasteiger charge is 2.72. The summed E-state index contributed by atoms with van der Waals surface area (Å²) in [6, 6.07) is 1.75. The number of carbonyl (C=O) groups is 4. The monoisotopic (exact) mass is 517 g/mol. The van der Waals surface area contributed by atoms with Crippen molar-refractivity contribution in [1.29, 1.82) is 0 Å². The molecule has 4 rings (SSSR count). The fourth-order valence-electron chi connectivity index (χ4n) is 6.34. The molecule has 1 aromatic carbocycles. The van der Waals surface area contributed by atoms with E-state index in [1.165, 1.54) is 32.0 Å². The van der Waals surface area contributed by atoms with Crippen molar-refractivity contribution in [3.8, 4) is 5.75 Å². The number of nitrogens with zero attached hydrogens (tertiary/aromatic N) is 1. The van der Waals surface area contributed by atoms with Crippen molar-refractivity contribution in [2.24, 2.45) is 23.5 Å². The number of esters is 1. The second kappa shape index (κ2) is 8.82. The summed E-state index contributed by atoms with van der Waals surface area (Å²) in [6.07, 6.45) is -3.20. The van der Waals surface area contributed by atoms with Gasteiger partial charge in [0, 0.05) is 24.0 Å². The Bertz CT molecular complexity index is 1240. The van der Waals surface area contributed by atoms with E-state index in [1.807, 2.05) is 0 Å². The Morgan fingerprint density at radius 3 is 2.35 bits per heavy atom. The summed E-state index contributed by atoms with van der Waals surface area (Å²) >= 11 is 0. The maximum absolute atomic E-state index is 14.0. The lowest BCUT2D eigenvalue weighted by molar-refractivity contribution is -0.206. The van der Waals surface area contributed by atoms with E-state index >= 15 is 0 Å². The first-order chi connectivity index (χ1) is 17.2. The fraction of sp³-hybridized carbons (Fsp3) is 0.520. The van der Waals surface area contributed by atoms with Crippen molar-refractivity contribution in [1.82, 2.24) is 4.90 Å². The smallest absolute Gasteiger partial charge is 0.305 e. The number of fused-ring (bicyclic) bond motifs is 3. The number of hydrogen-bond acceptors (Lipinski definition) is 11. The summed E-state index contributed by atoms with van der Waals surface area (Å²) in [5.41, 5.74) is 7.95. The van der Waals surface area contributed by atoms with Crippen molar-refractivity contribution in [3.05, 3.63) is 28.8 Å². The van der Waals surface area contributed by atoms with E-state index in [0.29, 0.717) is 5.56 Å². The van der Waals surface area contributed by atoms with Crippen molar-refractivity contribution in [2.45, 2.75) is 50.0 Å². The van der Waals surface area contributed by atoms with Gasteiger partial charge in [0.15, 0.2) is 11.4 Å². The zero-order valence-electron chi connectivity index (χ0n) is 20.8. The summed E-state index contributed by atoms with van der Waals surface area (Å²) in [5.74, 6) is -11.0. The third kappa shape index (κ3) is 3.46. The van der Waals surface area contributed by atoms with Gasteiger partial charge in [0.2, 0.25) is 11.7 Å². The number of phenolic OH excluding ortho intramolecular Hbond substituents is 1. The van der Waals surface area contributed by atoms with Crippen molar-refractivity contribution in [3.63, 3.8) is 0 Å². The molecule has 0 spiro atoms. The van der Waals surface area contributed by atoms with Crippen LogP contribution >= 0.6 is 0 Å². The highest BCUT2D eigenvalue weighted by Crippen LogP contribution is 2.57. The summed E-state index contributed by atoms with van der Waals surface area (Å²) < 4.78 is 5.76. The van der Waals surface area contributed by atoms with E-state index < -0.39 is 88.0 Å². The molecular formula is C25H31N3O9. The maximum Gasteiger partial charge on any atom is 0.305 e. The number of primary amides is 1. The number of likely N-dealkylation sites (N-methyl/N-ethyl adjacent to an activating group) is 1. The van der Waals surface area contributed by atoms with Gasteiger partial charge < -0.3 is 41.5 Å². The van der Waals surface area contributed by atoms with Gasteiger partial charge in [-0.2, -0.15) is 0 Å². The number of rotatable bonds is 4. The van der Waals surface area contributed by atoms with E-state index in [0.717, 1.165) is 0 Å². The lowest BCUT2D eigenvalue weighted by atomic mass is 9.51. The number of carbonyl (C=O) groups excluding carboxylic acids is 4. The number of amides is 1. The van der Waals surface area contributed by atoms with Gasteiger partial charge in [-0.05, 0) is 31.6 Å². The quantitative estimate of drug-likeness (QED) is 0.126. The molecule has 0 aromatic heterocycles. The highest BCUT2D eigenvalue weighted by molar-refractivity contribution is 6.25. The maximum atomic E-state index is 14.0. The van der Waals surface area contributed by atoms with Crippen molar-refractivity contribution >= 4 is 34.9 Å². The number of hydrogen-bond donors (Lipinski definition) is 6. The zero-order valence-corrected chi connectivity index (χ0v) is 20.8. The molecule has 1 amide bonds. The number of nitrogen functional groups attached to an aromatic ring is 1. The molecule has 0 heterocycles. The van der Waals surface area contributed by atoms with Gasteiger partial charge in [-0.3, -0.25) is 19.2 Å². The number of phenols is 1. The number of benzene rings is 1. The molecule has 3 aliphatic rings. The molecule has 8 atom stereocenters. The fourth-order valence-corrected chi connectivity index (χ4v) is 6.34. The Balaban J connectivity index is 2.08. The molecular weight excluding hydrogens is 486 g/mol. The summed E-state index contributed by atoms with van der Waals surface area (Å²) in [7, 11) is 3.02. The van der Waals surface area contributed by atoms with Crippen molar-refractivity contribution < 1.29 is 44.3 Å². The molecule has 2 unspecified atom stereocenters. The van der Waals surface area contributed by atoms with Gasteiger partial charge in [0.1, 0.15) is 23.5 Å². The van der Waals surface area contributed by atoms with Crippen LogP contribution in [0.5, 0.6) is 5.75 Å². The summed E-state index contributed by atoms with van der Waals surface area (Å²) in [5, 5.41) is 44.9. The van der Waals surface area contributed by atoms with Gasteiger partial charge in [-0.1, -0.05) is 19.9 Å². The second-order valence-corrected chi connectivity index (χ2v) is 10.2. The first-order valence-corrected chi connectivity index (χ1v) is 11.9. The second-order valence-electron chi connectivity index (χ2n) is 10.2. The first kappa shape index (κ1) is 26.6. The molecule has 0 bridgehead atoms. The molecule has 0 aliphatic heterocycles. The third-order valence-corrected chi connectivity index (χ3v) is 8.05. The minimum atomic E-state index is -2.99. The Morgan fingerprint density at radius 2 is 1.81 bits per heavy atom. The highest BCUT2D eigenvalue weighted by atomic mass is 16.5. The SMILES string of the molecule is CCC(=O)O[C@H]1[C@H]2C(=C(O)c3c(ccc(N)c3O)[C@@H]2C)C(=O)[C@]2(O)C(=O)C(C(N)=O)C(O)[C@@H](N(C)C)[C@H]12. The topological polar surface area (TPSA) is 214 Å². The van der Waals surface area contributed by atoms with Gasteiger partial charge >= 0.3 is 5.97 Å². The molecule has 2 saturated carbocycles. The minimum Gasteiger partial charge on any atom is -0.507 e. The molecule has 12 heteroatoms. The van der Waals surface area contributed by atoms with Gasteiger partial charge in [0.25, 0.3) is 0 Å². The van der Waals surface area contributed by atoms with Crippen LogP contribution in [0.15, 0.2) is 17.7 Å². The zero-order chi connectivity index (χ0) is 27.7. The lowest BCUT2D eigenvalue weighted by Crippen LogP contribution is -2.77. The molecule has 37 heavy (non-hydrogen) atoms. The molecule has 2 fully saturated rings. The van der Waals surface area contributed by atoms with Crippen LogP contribution in [0.4, 0.5) is 5.69 Å². The minimum absolute atomic E-state index is 0.0799. The van der Waals surface area contributed by atoms with Crippen LogP contribution in [0.3, 0.4) is 0 Å². The lowest BCUT2D eigenvalue weighted by Gasteiger charge is -2.57. The number of aromatic hydroxyl groups is 1. The number of ether oxygens (including phenoxy) is 1. The number of anilines is 1. The number of aliphatic hydroxyl groups excluding tert-OH is 2. The molecule has 8 N–H and O–H groups in total. The van der Waals surface area contributed by atoms with Gasteiger partial charge in [0.05, 0.1) is 23.3 Å². The third-order valence-electron chi connectivity index (χ3n) is 8.05. The molecule has 200 valence electrons. The van der Waals surface area contributed by atoms with Crippen LogP contribution in [-0.2, 0) is 23.9 Å². The Kier molecular flexibility index (Phi) is 6.34. The number of aliphatic hydroxyl groups is 3. The van der Waals surface area contributed by atoms with Crippen LogP contribution in [0, 0.1) is 17.8 Å². The Morgan fingerprint density at radius 1 is 1.19 bits per heavy atom. The average Bonchev–Trinajstić information content (AvgIpc) is 2.82. The normalized spacial score (nSPS) is 35.1. The number of nitrogens with two attached hydrogens (primary N) is 2. The van der Waals surface area contributed by atoms with Crippen LogP contribution in [0.1, 0.15) is 37.3 Å². The van der Waals surface area contributed by atoms with E-state index in [4.69, 9.17) is 16.2 Å². The standard InChI is InChI=1S/C25H31N3O9/c1-5-11(29)37-21-12-8(2)9-6-7-10(26)18(30)13(9)19(31)14(12)22(33)25(36)16(21)17(28(3)4)20(32)15(23(25)34)24(27)35/h6-8,12,15-17,20-21,30-32,36H,5,26H2,1-4H3,(H2,27,35)/t8-,12+,15?,16+,17-,20?,21-,25-/m0/s1. The Hall–Kier alpha value is -3.48. The molecule has 12 nitrogen and oxygen atoms in total. The van der Waals surface area contributed by atoms with Crippen LogP contribution < -0.4 is 11.5 Å². The summed E-state index contributed by atoms with van der Waals surface area (Å²) in [4.78, 5) is 53.9. The largest absolute Gasteiger partial charge is 0.507 e. The van der Waals surface area contributed by atoms with E-state index in [9.17, 15) is 39.6 Å². The van der Waals surface area contributed by atoms with E-state index in [-0.39, 0.29) is 17.7 Å². The van der Waals surface area contributed by atoms with Crippen LogP contribution in [0.25, 0.3) is 5.76 Å². The number of ketones is 2. The van der Waals surface area contributed by atoms with Crippen LogP contribution in [-0.4, -0.2) is 86.7 Å².